The Kier molecular flexibility index (Phi) is 3.34. The topological polar surface area (TPSA) is 87.0 Å². The predicted octanol–water partition coefficient (Wildman–Crippen LogP) is 3.34. The van der Waals surface area contributed by atoms with Crippen LogP contribution in [0.5, 0.6) is 0 Å². The van der Waals surface area contributed by atoms with Crippen molar-refractivity contribution in [1.29, 1.82) is 0 Å². The second-order valence-electron chi connectivity index (χ2n) is 4.96. The number of nitrogens with zero attached hydrogens (tertiary/aromatic N) is 3. The summed E-state index contributed by atoms with van der Waals surface area (Å²) in [5.41, 5.74) is 9.53. The molecule has 3 aromatic rings. The molecule has 0 amide bonds. The molecule has 3 rings (SSSR count). The Labute approximate surface area is 127 Å². The molecule has 22 heavy (non-hydrogen) atoms. The van der Waals surface area contributed by atoms with E-state index < -0.39 is 4.92 Å². The van der Waals surface area contributed by atoms with Crippen molar-refractivity contribution in [1.82, 2.24) is 9.78 Å². The molecule has 6 heteroatoms. The fraction of sp³-hybridized carbons (Fsp3) is 0.0625. The fourth-order valence-corrected chi connectivity index (χ4v) is 2.28. The van der Waals surface area contributed by atoms with E-state index in [0.29, 0.717) is 11.5 Å². The Morgan fingerprint density at radius 3 is 2.45 bits per heavy atom. The van der Waals surface area contributed by atoms with Crippen LogP contribution in [0.25, 0.3) is 16.9 Å². The number of nitrogen functional groups attached to an aromatic ring is 1. The summed E-state index contributed by atoms with van der Waals surface area (Å²) < 4.78 is 1.67. The summed E-state index contributed by atoms with van der Waals surface area (Å²) >= 11 is 0. The van der Waals surface area contributed by atoms with Gasteiger partial charge in [-0.05, 0) is 30.7 Å². The Morgan fingerprint density at radius 2 is 1.82 bits per heavy atom. The van der Waals surface area contributed by atoms with Gasteiger partial charge in [0, 0.05) is 23.8 Å². The molecule has 2 N–H and O–H groups in total. The number of nitro benzene ring substituents is 1. The van der Waals surface area contributed by atoms with Gasteiger partial charge < -0.3 is 5.73 Å². The highest BCUT2D eigenvalue weighted by atomic mass is 16.6. The molecule has 110 valence electrons. The second-order valence-corrected chi connectivity index (χ2v) is 4.96. The van der Waals surface area contributed by atoms with Gasteiger partial charge in [0.25, 0.3) is 5.69 Å². The molecule has 0 aliphatic rings. The van der Waals surface area contributed by atoms with E-state index in [1.54, 1.807) is 22.9 Å². The number of hydrogen-bond donors (Lipinski definition) is 1. The standard InChI is InChI=1S/C16H14N4O2/c1-11-4-2-3-5-15(11)19-16(17)10-14(18-19)12-6-8-13(9-7-12)20(21)22/h2-10H,17H2,1H3. The van der Waals surface area contributed by atoms with E-state index in [0.717, 1.165) is 16.8 Å². The molecular weight excluding hydrogens is 280 g/mol. The van der Waals surface area contributed by atoms with Crippen LogP contribution in [0.2, 0.25) is 0 Å². The third-order valence-electron chi connectivity index (χ3n) is 3.45. The maximum atomic E-state index is 10.7. The van der Waals surface area contributed by atoms with Gasteiger partial charge in [0.05, 0.1) is 16.3 Å². The minimum Gasteiger partial charge on any atom is -0.384 e. The lowest BCUT2D eigenvalue weighted by Crippen LogP contribution is -2.03. The molecule has 0 aliphatic carbocycles. The van der Waals surface area contributed by atoms with Gasteiger partial charge in [0.1, 0.15) is 5.82 Å². The van der Waals surface area contributed by atoms with E-state index in [9.17, 15) is 10.1 Å². The van der Waals surface area contributed by atoms with Crippen LogP contribution in [0.1, 0.15) is 5.56 Å². The summed E-state index contributed by atoms with van der Waals surface area (Å²) in [6.45, 7) is 1.99. The van der Waals surface area contributed by atoms with Gasteiger partial charge in [-0.15, -0.1) is 0 Å². The highest BCUT2D eigenvalue weighted by Gasteiger charge is 2.11. The van der Waals surface area contributed by atoms with Gasteiger partial charge in [-0.3, -0.25) is 10.1 Å². The molecule has 0 atom stereocenters. The summed E-state index contributed by atoms with van der Waals surface area (Å²) in [5, 5.41) is 15.2. The number of anilines is 1. The number of hydrogen-bond acceptors (Lipinski definition) is 4. The van der Waals surface area contributed by atoms with Crippen LogP contribution < -0.4 is 5.73 Å². The Balaban J connectivity index is 2.02. The van der Waals surface area contributed by atoms with Crippen LogP contribution in [0.4, 0.5) is 11.5 Å². The van der Waals surface area contributed by atoms with Crippen LogP contribution >= 0.6 is 0 Å². The van der Waals surface area contributed by atoms with E-state index in [1.807, 2.05) is 31.2 Å². The maximum Gasteiger partial charge on any atom is 0.269 e. The van der Waals surface area contributed by atoms with Gasteiger partial charge in [-0.2, -0.15) is 5.10 Å². The van der Waals surface area contributed by atoms with E-state index >= 15 is 0 Å². The number of benzene rings is 2. The van der Waals surface area contributed by atoms with Crippen molar-refractivity contribution in [2.75, 3.05) is 5.73 Å². The van der Waals surface area contributed by atoms with E-state index in [-0.39, 0.29) is 5.69 Å². The largest absolute Gasteiger partial charge is 0.384 e. The number of para-hydroxylation sites is 1. The number of aryl methyl sites for hydroxylation is 1. The number of nitro groups is 1. The zero-order chi connectivity index (χ0) is 15.7. The molecule has 0 unspecified atom stereocenters. The van der Waals surface area contributed by atoms with E-state index in [4.69, 9.17) is 5.73 Å². The van der Waals surface area contributed by atoms with Crippen LogP contribution in [0.15, 0.2) is 54.6 Å². The number of nitrogens with two attached hydrogens (primary N) is 1. The molecule has 0 spiro atoms. The Morgan fingerprint density at radius 1 is 1.14 bits per heavy atom. The first-order chi connectivity index (χ1) is 10.6. The molecule has 0 saturated heterocycles. The van der Waals surface area contributed by atoms with Gasteiger partial charge in [-0.25, -0.2) is 4.68 Å². The van der Waals surface area contributed by atoms with Gasteiger partial charge in [0.2, 0.25) is 0 Å². The van der Waals surface area contributed by atoms with Crippen LogP contribution in [-0.2, 0) is 0 Å². The number of non-ortho nitro benzene ring substituents is 1. The average Bonchev–Trinajstić information content (AvgIpc) is 2.90. The second kappa shape index (κ2) is 5.33. The molecule has 1 aromatic heterocycles. The molecule has 6 nitrogen and oxygen atoms in total. The first kappa shape index (κ1) is 13.8. The van der Waals surface area contributed by atoms with Crippen LogP contribution in [0, 0.1) is 17.0 Å². The van der Waals surface area contributed by atoms with Crippen molar-refractivity contribution >= 4 is 11.5 Å². The summed E-state index contributed by atoms with van der Waals surface area (Å²) in [5.74, 6) is 0.516. The maximum absolute atomic E-state index is 10.7. The minimum atomic E-state index is -0.427. The molecule has 0 bridgehead atoms. The lowest BCUT2D eigenvalue weighted by Gasteiger charge is -2.06. The average molecular weight is 294 g/mol. The fourth-order valence-electron chi connectivity index (χ4n) is 2.28. The molecule has 0 radical (unpaired) electrons. The Hall–Kier alpha value is -3.15. The molecule has 0 saturated carbocycles. The zero-order valence-corrected chi connectivity index (χ0v) is 11.9. The minimum absolute atomic E-state index is 0.0510. The third kappa shape index (κ3) is 2.42. The predicted molar refractivity (Wildman–Crippen MR) is 84.8 cm³/mol. The molecule has 0 aliphatic heterocycles. The van der Waals surface area contributed by atoms with Crippen molar-refractivity contribution in [3.05, 3.63) is 70.3 Å². The zero-order valence-electron chi connectivity index (χ0n) is 11.9. The summed E-state index contributed by atoms with van der Waals surface area (Å²) in [6.07, 6.45) is 0. The summed E-state index contributed by atoms with van der Waals surface area (Å²) in [6, 6.07) is 15.8. The van der Waals surface area contributed by atoms with Crippen LogP contribution in [-0.4, -0.2) is 14.7 Å². The SMILES string of the molecule is Cc1ccccc1-n1nc(-c2ccc([N+](=O)[O-])cc2)cc1N. The lowest BCUT2D eigenvalue weighted by molar-refractivity contribution is -0.384. The third-order valence-corrected chi connectivity index (χ3v) is 3.45. The van der Waals surface area contributed by atoms with E-state index in [2.05, 4.69) is 5.10 Å². The molecule has 2 aromatic carbocycles. The van der Waals surface area contributed by atoms with Crippen molar-refractivity contribution in [2.45, 2.75) is 6.92 Å². The first-order valence-corrected chi connectivity index (χ1v) is 6.72. The van der Waals surface area contributed by atoms with Gasteiger partial charge in [0.15, 0.2) is 0 Å². The van der Waals surface area contributed by atoms with Crippen molar-refractivity contribution < 1.29 is 4.92 Å². The summed E-state index contributed by atoms with van der Waals surface area (Å²) in [4.78, 5) is 10.3. The van der Waals surface area contributed by atoms with Crippen LogP contribution in [0.3, 0.4) is 0 Å². The highest BCUT2D eigenvalue weighted by Crippen LogP contribution is 2.25. The lowest BCUT2D eigenvalue weighted by atomic mass is 10.1. The quantitative estimate of drug-likeness (QED) is 0.593. The Bertz CT molecular complexity index is 838. The molecule has 0 fully saturated rings. The van der Waals surface area contributed by atoms with Crippen molar-refractivity contribution in [2.24, 2.45) is 0 Å². The van der Waals surface area contributed by atoms with Gasteiger partial charge in [-0.1, -0.05) is 18.2 Å². The first-order valence-electron chi connectivity index (χ1n) is 6.72. The van der Waals surface area contributed by atoms with Crippen molar-refractivity contribution in [3.63, 3.8) is 0 Å². The van der Waals surface area contributed by atoms with E-state index in [1.165, 1.54) is 12.1 Å². The normalized spacial score (nSPS) is 10.6. The smallest absolute Gasteiger partial charge is 0.269 e. The molecular formula is C16H14N4O2. The monoisotopic (exact) mass is 294 g/mol. The molecule has 1 heterocycles. The summed E-state index contributed by atoms with van der Waals surface area (Å²) in [7, 11) is 0. The van der Waals surface area contributed by atoms with Crippen molar-refractivity contribution in [3.8, 4) is 16.9 Å². The highest BCUT2D eigenvalue weighted by molar-refractivity contribution is 5.65. The number of rotatable bonds is 3. The number of aromatic nitrogens is 2. The van der Waals surface area contributed by atoms with Gasteiger partial charge >= 0.3 is 0 Å².